The summed E-state index contributed by atoms with van der Waals surface area (Å²) in [6, 6.07) is 10.8. The Bertz CT molecular complexity index is 445. The average Bonchev–Trinajstić information content (AvgIpc) is 2.33. The fourth-order valence-electron chi connectivity index (χ4n) is 2.66. The number of nitrogens with zero attached hydrogens (tertiary/aromatic N) is 2. The number of hydrogen-bond acceptors (Lipinski definition) is 2. The molecule has 96 valence electrons. The first kappa shape index (κ1) is 13.4. The van der Waals surface area contributed by atoms with Crippen molar-refractivity contribution >= 4 is 21.6 Å². The quantitative estimate of drug-likeness (QED) is 0.812. The summed E-state index contributed by atoms with van der Waals surface area (Å²) >= 11 is 3.47. The summed E-state index contributed by atoms with van der Waals surface area (Å²) in [6.07, 6.45) is 2.98. The molecule has 1 saturated heterocycles. The highest BCUT2D eigenvalue weighted by molar-refractivity contribution is 9.10. The third-order valence-electron chi connectivity index (χ3n) is 3.85. The highest BCUT2D eigenvalue weighted by atomic mass is 79.9. The van der Waals surface area contributed by atoms with Gasteiger partial charge in [0, 0.05) is 28.7 Å². The van der Waals surface area contributed by atoms with Gasteiger partial charge in [-0.05, 0) is 56.9 Å². The molecule has 0 amide bonds. The van der Waals surface area contributed by atoms with E-state index >= 15 is 0 Å². The molecule has 2 rings (SSSR count). The Labute approximate surface area is 118 Å². The minimum absolute atomic E-state index is 0.180. The Balaban J connectivity index is 2.22. The third kappa shape index (κ3) is 2.87. The van der Waals surface area contributed by atoms with Crippen LogP contribution in [0.3, 0.4) is 0 Å². The van der Waals surface area contributed by atoms with Crippen LogP contribution in [0.25, 0.3) is 0 Å². The maximum absolute atomic E-state index is 8.87. The summed E-state index contributed by atoms with van der Waals surface area (Å²) in [5.74, 6) is 0.506. The van der Waals surface area contributed by atoms with Crippen molar-refractivity contribution in [2.75, 3.05) is 11.4 Å². The van der Waals surface area contributed by atoms with Gasteiger partial charge in [0.25, 0.3) is 0 Å². The predicted molar refractivity (Wildman–Crippen MR) is 78.5 cm³/mol. The molecule has 1 aliphatic heterocycles. The van der Waals surface area contributed by atoms with Crippen molar-refractivity contribution in [1.82, 2.24) is 0 Å². The molecule has 0 bridgehead atoms. The molecule has 1 aliphatic rings. The van der Waals surface area contributed by atoms with E-state index in [-0.39, 0.29) is 5.54 Å². The standard InChI is InChI=1S/C15H19BrN2/c1-15(2)9-7-12(8-10-17)11-18(15)14-5-3-13(16)4-6-14/h3-6,12H,7-9,11H2,1-2H3. The van der Waals surface area contributed by atoms with E-state index in [9.17, 15) is 0 Å². The molecular weight excluding hydrogens is 288 g/mol. The van der Waals surface area contributed by atoms with Crippen LogP contribution >= 0.6 is 15.9 Å². The van der Waals surface area contributed by atoms with E-state index in [1.54, 1.807) is 0 Å². The van der Waals surface area contributed by atoms with Crippen LogP contribution in [0, 0.1) is 17.2 Å². The van der Waals surface area contributed by atoms with Gasteiger partial charge in [0.15, 0.2) is 0 Å². The van der Waals surface area contributed by atoms with Crippen molar-refractivity contribution in [2.45, 2.75) is 38.6 Å². The molecule has 1 atom stereocenters. The number of rotatable bonds is 2. The van der Waals surface area contributed by atoms with Crippen LogP contribution in [0.15, 0.2) is 28.7 Å². The minimum Gasteiger partial charge on any atom is -0.366 e. The van der Waals surface area contributed by atoms with Gasteiger partial charge in [0.1, 0.15) is 0 Å². The molecule has 0 radical (unpaired) electrons. The van der Waals surface area contributed by atoms with Crippen LogP contribution in [0.1, 0.15) is 33.1 Å². The molecule has 1 unspecified atom stereocenters. The lowest BCUT2D eigenvalue weighted by molar-refractivity contribution is 0.293. The third-order valence-corrected chi connectivity index (χ3v) is 4.38. The summed E-state index contributed by atoms with van der Waals surface area (Å²) in [7, 11) is 0. The predicted octanol–water partition coefficient (Wildman–Crippen LogP) is 4.36. The molecule has 0 N–H and O–H groups in total. The second-order valence-electron chi connectivity index (χ2n) is 5.67. The molecule has 0 aliphatic carbocycles. The first-order chi connectivity index (χ1) is 8.53. The maximum Gasteiger partial charge on any atom is 0.0625 e. The molecule has 18 heavy (non-hydrogen) atoms. The summed E-state index contributed by atoms with van der Waals surface area (Å²) in [6.45, 7) is 5.57. The van der Waals surface area contributed by atoms with Gasteiger partial charge in [0.05, 0.1) is 6.07 Å². The van der Waals surface area contributed by atoms with Crippen LogP contribution in [0.5, 0.6) is 0 Å². The highest BCUT2D eigenvalue weighted by Crippen LogP contribution is 2.36. The summed E-state index contributed by atoms with van der Waals surface area (Å²) in [4.78, 5) is 2.45. The molecule has 0 saturated carbocycles. The van der Waals surface area contributed by atoms with Gasteiger partial charge in [-0.25, -0.2) is 0 Å². The van der Waals surface area contributed by atoms with Crippen molar-refractivity contribution in [1.29, 1.82) is 5.26 Å². The van der Waals surface area contributed by atoms with Crippen molar-refractivity contribution in [3.63, 3.8) is 0 Å². The Morgan fingerprint density at radius 3 is 2.67 bits per heavy atom. The fraction of sp³-hybridized carbons (Fsp3) is 0.533. The number of benzene rings is 1. The minimum atomic E-state index is 0.180. The summed E-state index contributed by atoms with van der Waals surface area (Å²) in [5, 5.41) is 8.87. The van der Waals surface area contributed by atoms with Gasteiger partial charge >= 0.3 is 0 Å². The lowest BCUT2D eigenvalue weighted by atomic mass is 9.83. The van der Waals surface area contributed by atoms with Crippen LogP contribution < -0.4 is 4.90 Å². The van der Waals surface area contributed by atoms with E-state index in [2.05, 4.69) is 65.0 Å². The van der Waals surface area contributed by atoms with Gasteiger partial charge in [-0.1, -0.05) is 15.9 Å². The average molecular weight is 307 g/mol. The highest BCUT2D eigenvalue weighted by Gasteiger charge is 2.34. The zero-order chi connectivity index (χ0) is 13.2. The summed E-state index contributed by atoms with van der Waals surface area (Å²) in [5.41, 5.74) is 1.44. The van der Waals surface area contributed by atoms with Gasteiger partial charge < -0.3 is 4.90 Å². The zero-order valence-electron chi connectivity index (χ0n) is 11.0. The zero-order valence-corrected chi connectivity index (χ0v) is 12.6. The first-order valence-corrected chi connectivity index (χ1v) is 7.22. The van der Waals surface area contributed by atoms with Gasteiger partial charge in [-0.2, -0.15) is 5.26 Å². The molecule has 0 aromatic heterocycles. The maximum atomic E-state index is 8.87. The summed E-state index contributed by atoms with van der Waals surface area (Å²) < 4.78 is 1.11. The van der Waals surface area contributed by atoms with E-state index in [0.29, 0.717) is 12.3 Å². The van der Waals surface area contributed by atoms with Crippen LogP contribution in [0.4, 0.5) is 5.69 Å². The number of halogens is 1. The van der Waals surface area contributed by atoms with E-state index in [1.165, 1.54) is 5.69 Å². The molecule has 0 spiro atoms. The van der Waals surface area contributed by atoms with Crippen LogP contribution in [-0.2, 0) is 0 Å². The lowest BCUT2D eigenvalue weighted by Crippen LogP contribution is -2.50. The molecule has 3 heteroatoms. The van der Waals surface area contributed by atoms with E-state index < -0.39 is 0 Å². The number of anilines is 1. The second kappa shape index (κ2) is 5.32. The second-order valence-corrected chi connectivity index (χ2v) is 6.58. The van der Waals surface area contributed by atoms with Gasteiger partial charge in [-0.15, -0.1) is 0 Å². The largest absolute Gasteiger partial charge is 0.366 e. The SMILES string of the molecule is CC1(C)CCC(CC#N)CN1c1ccc(Br)cc1. The Kier molecular flexibility index (Phi) is 3.97. The topological polar surface area (TPSA) is 27.0 Å². The fourth-order valence-corrected chi connectivity index (χ4v) is 2.92. The Morgan fingerprint density at radius 1 is 1.39 bits per heavy atom. The molecule has 1 heterocycles. The monoisotopic (exact) mass is 306 g/mol. The van der Waals surface area contributed by atoms with E-state index in [4.69, 9.17) is 5.26 Å². The molecule has 1 aromatic carbocycles. The molecule has 1 fully saturated rings. The Hall–Kier alpha value is -1.01. The van der Waals surface area contributed by atoms with E-state index in [1.807, 2.05) is 0 Å². The number of nitriles is 1. The van der Waals surface area contributed by atoms with Crippen molar-refractivity contribution in [3.05, 3.63) is 28.7 Å². The lowest BCUT2D eigenvalue weighted by Gasteiger charge is -2.47. The normalized spacial score (nSPS) is 22.6. The smallest absolute Gasteiger partial charge is 0.0625 e. The van der Waals surface area contributed by atoms with Crippen LogP contribution in [0.2, 0.25) is 0 Å². The molecule has 2 nitrogen and oxygen atoms in total. The Morgan fingerprint density at radius 2 is 2.06 bits per heavy atom. The van der Waals surface area contributed by atoms with Gasteiger partial charge in [0.2, 0.25) is 0 Å². The number of hydrogen-bond donors (Lipinski definition) is 0. The van der Waals surface area contributed by atoms with Crippen LogP contribution in [-0.4, -0.2) is 12.1 Å². The van der Waals surface area contributed by atoms with Gasteiger partial charge in [-0.3, -0.25) is 0 Å². The molecule has 1 aromatic rings. The first-order valence-electron chi connectivity index (χ1n) is 6.43. The van der Waals surface area contributed by atoms with Crippen molar-refractivity contribution in [2.24, 2.45) is 5.92 Å². The molecular formula is C15H19BrN2. The van der Waals surface area contributed by atoms with Crippen molar-refractivity contribution in [3.8, 4) is 6.07 Å². The number of piperidine rings is 1. The van der Waals surface area contributed by atoms with E-state index in [0.717, 1.165) is 23.9 Å². The van der Waals surface area contributed by atoms with Crippen molar-refractivity contribution < 1.29 is 0 Å².